The van der Waals surface area contributed by atoms with E-state index in [9.17, 15) is 5.11 Å². The van der Waals surface area contributed by atoms with Crippen LogP contribution in [0.15, 0.2) is 36.5 Å². The number of rotatable bonds is 2. The first-order valence-corrected chi connectivity index (χ1v) is 6.53. The molecule has 1 saturated heterocycles. The number of hydrogen-bond acceptors (Lipinski definition) is 3. The Kier molecular flexibility index (Phi) is 3.02. The van der Waals surface area contributed by atoms with Crippen LogP contribution in [0.25, 0.3) is 10.9 Å². The average Bonchev–Trinajstić information content (AvgIpc) is 2.40. The van der Waals surface area contributed by atoms with Crippen molar-refractivity contribution in [2.24, 2.45) is 0 Å². The van der Waals surface area contributed by atoms with Crippen molar-refractivity contribution in [2.75, 3.05) is 13.1 Å². The molecule has 0 atom stereocenters. The lowest BCUT2D eigenvalue weighted by atomic mass is 9.85. The molecule has 0 saturated carbocycles. The average molecular weight is 242 g/mol. The van der Waals surface area contributed by atoms with Crippen LogP contribution in [-0.2, 0) is 6.42 Å². The number of nitrogens with zero attached hydrogens (tertiary/aromatic N) is 1. The Hall–Kier alpha value is -1.45. The minimum atomic E-state index is -0.560. The molecular formula is C15H18N2O. The van der Waals surface area contributed by atoms with Gasteiger partial charge in [-0.05, 0) is 43.6 Å². The molecule has 3 rings (SSSR count). The smallest absolute Gasteiger partial charge is 0.0712 e. The number of piperidine rings is 1. The molecule has 0 bridgehead atoms. The van der Waals surface area contributed by atoms with Crippen LogP contribution < -0.4 is 5.32 Å². The van der Waals surface area contributed by atoms with Crippen molar-refractivity contribution in [3.05, 3.63) is 42.1 Å². The molecular weight excluding hydrogens is 224 g/mol. The number of aliphatic hydroxyl groups is 1. The summed E-state index contributed by atoms with van der Waals surface area (Å²) in [6, 6.07) is 10.2. The molecule has 2 heterocycles. The summed E-state index contributed by atoms with van der Waals surface area (Å²) in [7, 11) is 0. The van der Waals surface area contributed by atoms with Crippen LogP contribution in [0.2, 0.25) is 0 Å². The normalized spacial score (nSPS) is 18.9. The van der Waals surface area contributed by atoms with E-state index in [1.165, 1.54) is 5.56 Å². The van der Waals surface area contributed by atoms with E-state index in [0.29, 0.717) is 0 Å². The monoisotopic (exact) mass is 242 g/mol. The zero-order valence-electron chi connectivity index (χ0n) is 10.4. The van der Waals surface area contributed by atoms with Gasteiger partial charge in [0.05, 0.1) is 11.1 Å². The summed E-state index contributed by atoms with van der Waals surface area (Å²) in [6.45, 7) is 1.80. The molecule has 1 fully saturated rings. The lowest BCUT2D eigenvalue weighted by Gasteiger charge is -2.33. The minimum Gasteiger partial charge on any atom is -0.389 e. The fourth-order valence-electron chi connectivity index (χ4n) is 2.73. The number of pyridine rings is 1. The molecule has 0 aliphatic carbocycles. The van der Waals surface area contributed by atoms with Gasteiger partial charge in [0, 0.05) is 18.0 Å². The third-order valence-electron chi connectivity index (χ3n) is 3.79. The summed E-state index contributed by atoms with van der Waals surface area (Å²) >= 11 is 0. The van der Waals surface area contributed by atoms with E-state index < -0.39 is 5.60 Å². The van der Waals surface area contributed by atoms with Gasteiger partial charge in [-0.25, -0.2) is 0 Å². The summed E-state index contributed by atoms with van der Waals surface area (Å²) in [5.41, 5.74) is 1.65. The Morgan fingerprint density at radius 1 is 1.17 bits per heavy atom. The van der Waals surface area contributed by atoms with Crippen LogP contribution in [0.3, 0.4) is 0 Å². The summed E-state index contributed by atoms with van der Waals surface area (Å²) in [4.78, 5) is 4.36. The predicted octanol–water partition coefficient (Wildman–Crippen LogP) is 1.89. The molecule has 94 valence electrons. The molecule has 3 nitrogen and oxygen atoms in total. The molecule has 0 radical (unpaired) electrons. The second-order valence-electron chi connectivity index (χ2n) is 5.14. The Bertz CT molecular complexity index is 542. The number of fused-ring (bicyclic) bond motifs is 1. The van der Waals surface area contributed by atoms with E-state index in [2.05, 4.69) is 16.4 Å². The molecule has 1 aromatic heterocycles. The van der Waals surface area contributed by atoms with Crippen molar-refractivity contribution in [1.29, 1.82) is 0 Å². The fourth-order valence-corrected chi connectivity index (χ4v) is 2.73. The standard InChI is InChI=1S/C15H18N2O/c18-15(6-9-16-10-7-15)11-12-5-8-17-14-4-2-1-3-13(12)14/h1-5,8,16,18H,6-7,9-11H2. The Labute approximate surface area is 107 Å². The van der Waals surface area contributed by atoms with Gasteiger partial charge in [-0.3, -0.25) is 4.98 Å². The molecule has 3 heteroatoms. The van der Waals surface area contributed by atoms with Crippen molar-refractivity contribution < 1.29 is 5.11 Å². The Balaban J connectivity index is 1.94. The number of aromatic nitrogens is 1. The predicted molar refractivity (Wildman–Crippen MR) is 72.5 cm³/mol. The summed E-state index contributed by atoms with van der Waals surface area (Å²) in [5.74, 6) is 0. The van der Waals surface area contributed by atoms with Crippen LogP contribution in [0, 0.1) is 0 Å². The Morgan fingerprint density at radius 2 is 1.94 bits per heavy atom. The molecule has 0 unspecified atom stereocenters. The number of benzene rings is 1. The zero-order valence-corrected chi connectivity index (χ0v) is 10.4. The fraction of sp³-hybridized carbons (Fsp3) is 0.400. The Morgan fingerprint density at radius 3 is 2.78 bits per heavy atom. The van der Waals surface area contributed by atoms with Crippen molar-refractivity contribution in [2.45, 2.75) is 24.9 Å². The molecule has 0 amide bonds. The minimum absolute atomic E-state index is 0.560. The van der Waals surface area contributed by atoms with E-state index in [1.54, 1.807) is 0 Å². The van der Waals surface area contributed by atoms with Gasteiger partial charge in [0.2, 0.25) is 0 Å². The molecule has 18 heavy (non-hydrogen) atoms. The van der Waals surface area contributed by atoms with Crippen molar-refractivity contribution >= 4 is 10.9 Å². The third-order valence-corrected chi connectivity index (χ3v) is 3.79. The van der Waals surface area contributed by atoms with E-state index in [4.69, 9.17) is 0 Å². The summed E-state index contributed by atoms with van der Waals surface area (Å²) in [5, 5.41) is 15.1. The van der Waals surface area contributed by atoms with Crippen molar-refractivity contribution in [1.82, 2.24) is 10.3 Å². The van der Waals surface area contributed by atoms with Crippen LogP contribution in [0.1, 0.15) is 18.4 Å². The van der Waals surface area contributed by atoms with Crippen molar-refractivity contribution in [3.8, 4) is 0 Å². The quantitative estimate of drug-likeness (QED) is 0.845. The van der Waals surface area contributed by atoms with Crippen LogP contribution in [-0.4, -0.2) is 28.8 Å². The van der Waals surface area contributed by atoms with Gasteiger partial charge >= 0.3 is 0 Å². The van der Waals surface area contributed by atoms with Gasteiger partial charge in [-0.15, -0.1) is 0 Å². The van der Waals surface area contributed by atoms with Gasteiger partial charge in [0.25, 0.3) is 0 Å². The molecule has 1 aromatic carbocycles. The number of para-hydroxylation sites is 1. The highest BCUT2D eigenvalue weighted by Crippen LogP contribution is 2.26. The maximum absolute atomic E-state index is 10.6. The van der Waals surface area contributed by atoms with Gasteiger partial charge < -0.3 is 10.4 Å². The van der Waals surface area contributed by atoms with Gasteiger partial charge in [-0.1, -0.05) is 18.2 Å². The highest BCUT2D eigenvalue weighted by molar-refractivity contribution is 5.81. The molecule has 2 aromatic rings. The molecule has 1 aliphatic heterocycles. The van der Waals surface area contributed by atoms with E-state index in [-0.39, 0.29) is 0 Å². The summed E-state index contributed by atoms with van der Waals surface area (Å²) < 4.78 is 0. The highest BCUT2D eigenvalue weighted by atomic mass is 16.3. The lowest BCUT2D eigenvalue weighted by Crippen LogP contribution is -2.43. The highest BCUT2D eigenvalue weighted by Gasteiger charge is 2.29. The summed E-state index contributed by atoms with van der Waals surface area (Å²) in [6.07, 6.45) is 4.20. The van der Waals surface area contributed by atoms with Gasteiger partial charge in [0.15, 0.2) is 0 Å². The van der Waals surface area contributed by atoms with Gasteiger partial charge in [-0.2, -0.15) is 0 Å². The van der Waals surface area contributed by atoms with E-state index >= 15 is 0 Å². The number of nitrogens with one attached hydrogen (secondary N) is 1. The molecule has 0 spiro atoms. The maximum Gasteiger partial charge on any atom is 0.0712 e. The zero-order chi connectivity index (χ0) is 12.4. The van der Waals surface area contributed by atoms with Crippen molar-refractivity contribution in [3.63, 3.8) is 0 Å². The second-order valence-corrected chi connectivity index (χ2v) is 5.14. The third kappa shape index (κ3) is 2.24. The first-order valence-electron chi connectivity index (χ1n) is 6.53. The first-order chi connectivity index (χ1) is 8.77. The SMILES string of the molecule is OC1(Cc2ccnc3ccccc23)CCNCC1. The van der Waals surface area contributed by atoms with Crippen LogP contribution in [0.4, 0.5) is 0 Å². The maximum atomic E-state index is 10.6. The van der Waals surface area contributed by atoms with Crippen LogP contribution in [0.5, 0.6) is 0 Å². The largest absolute Gasteiger partial charge is 0.389 e. The lowest BCUT2D eigenvalue weighted by molar-refractivity contribution is 0.0111. The first kappa shape index (κ1) is 11.6. The van der Waals surface area contributed by atoms with Crippen LogP contribution >= 0.6 is 0 Å². The number of hydrogen-bond donors (Lipinski definition) is 2. The van der Waals surface area contributed by atoms with E-state index in [1.807, 2.05) is 30.5 Å². The molecule has 1 aliphatic rings. The second kappa shape index (κ2) is 4.67. The molecule has 2 N–H and O–H groups in total. The van der Waals surface area contributed by atoms with E-state index in [0.717, 1.165) is 43.3 Å². The van der Waals surface area contributed by atoms with Gasteiger partial charge in [0.1, 0.15) is 0 Å². The topological polar surface area (TPSA) is 45.2 Å².